The molecule has 0 saturated heterocycles. The molecule has 2 amide bonds. The number of urea groups is 1. The van der Waals surface area contributed by atoms with E-state index in [2.05, 4.69) is 10.6 Å². The Hall–Kier alpha value is -2.81. The number of esters is 1. The lowest BCUT2D eigenvalue weighted by molar-refractivity contribution is -0.157. The molecule has 0 fully saturated rings. The Balaban J connectivity index is 3.50. The van der Waals surface area contributed by atoms with Crippen LogP contribution in [0.3, 0.4) is 0 Å². The third-order valence-electron chi connectivity index (χ3n) is 4.34. The van der Waals surface area contributed by atoms with Gasteiger partial charge in [-0.25, -0.2) is 9.59 Å². The number of carbonyl (C=O) groups excluding carboxylic acids is 2. The van der Waals surface area contributed by atoms with Crippen molar-refractivity contribution in [3.05, 3.63) is 29.8 Å². The summed E-state index contributed by atoms with van der Waals surface area (Å²) < 4.78 is 10.3. The number of hydrogen-bond acceptors (Lipinski definition) is 6. The molecule has 0 aliphatic carbocycles. The van der Waals surface area contributed by atoms with Gasteiger partial charge in [-0.05, 0) is 30.5 Å². The normalized spacial score (nSPS) is 13.9. The van der Waals surface area contributed by atoms with Gasteiger partial charge in [0, 0.05) is 19.6 Å². The first-order valence-corrected chi connectivity index (χ1v) is 9.42. The Labute approximate surface area is 170 Å². The van der Waals surface area contributed by atoms with E-state index in [-0.39, 0.29) is 18.1 Å². The van der Waals surface area contributed by atoms with E-state index in [0.717, 1.165) is 0 Å². The summed E-state index contributed by atoms with van der Waals surface area (Å²) in [5.74, 6) is -3.17. The van der Waals surface area contributed by atoms with Crippen molar-refractivity contribution >= 4 is 18.0 Å². The number of carboxylic acid groups (broad SMARTS) is 1. The van der Waals surface area contributed by atoms with Crippen molar-refractivity contribution < 1.29 is 34.1 Å². The summed E-state index contributed by atoms with van der Waals surface area (Å²) in [5, 5.41) is 24.6. The van der Waals surface area contributed by atoms with E-state index < -0.39 is 42.5 Å². The molecule has 0 spiro atoms. The number of methoxy groups -OCH3 is 1. The van der Waals surface area contributed by atoms with E-state index >= 15 is 0 Å². The lowest BCUT2D eigenvalue weighted by atomic mass is 9.76. The van der Waals surface area contributed by atoms with Crippen molar-refractivity contribution in [3.63, 3.8) is 0 Å². The highest BCUT2D eigenvalue weighted by Crippen LogP contribution is 2.35. The third-order valence-corrected chi connectivity index (χ3v) is 4.34. The maximum atomic E-state index is 12.8. The Bertz CT molecular complexity index is 708. The lowest BCUT2D eigenvalue weighted by Gasteiger charge is -2.36. The summed E-state index contributed by atoms with van der Waals surface area (Å²) in [6.45, 7) is 5.12. The van der Waals surface area contributed by atoms with Crippen LogP contribution in [-0.4, -0.2) is 60.6 Å². The molecule has 9 heteroatoms. The number of rotatable bonds is 11. The van der Waals surface area contributed by atoms with Gasteiger partial charge >= 0.3 is 18.0 Å². The fraction of sp³-hybridized carbons (Fsp3) is 0.550. The molecule has 9 nitrogen and oxygen atoms in total. The average Bonchev–Trinajstić information content (AvgIpc) is 2.66. The highest BCUT2D eigenvalue weighted by atomic mass is 16.5. The predicted molar refractivity (Wildman–Crippen MR) is 106 cm³/mol. The molecule has 0 heterocycles. The van der Waals surface area contributed by atoms with E-state index in [9.17, 15) is 24.6 Å². The maximum absolute atomic E-state index is 12.8. The number of carbonyl (C=O) groups is 3. The van der Waals surface area contributed by atoms with Gasteiger partial charge < -0.3 is 30.3 Å². The van der Waals surface area contributed by atoms with Crippen LogP contribution in [0.2, 0.25) is 0 Å². The Morgan fingerprint density at radius 3 is 2.45 bits per heavy atom. The quantitative estimate of drug-likeness (QED) is 0.406. The van der Waals surface area contributed by atoms with Crippen LogP contribution in [0.1, 0.15) is 38.7 Å². The molecule has 1 rings (SSSR count). The van der Waals surface area contributed by atoms with Crippen molar-refractivity contribution in [1.29, 1.82) is 0 Å². The molecule has 0 bridgehead atoms. The molecule has 4 N–H and O–H groups in total. The van der Waals surface area contributed by atoms with E-state index in [4.69, 9.17) is 9.47 Å². The van der Waals surface area contributed by atoms with Crippen LogP contribution in [0.15, 0.2) is 24.3 Å². The predicted octanol–water partition coefficient (Wildman–Crippen LogP) is 1.50. The molecule has 2 atom stereocenters. The van der Waals surface area contributed by atoms with Crippen LogP contribution in [0, 0.1) is 5.92 Å². The zero-order valence-electron chi connectivity index (χ0n) is 17.2. The average molecular weight is 410 g/mol. The number of amides is 2. The first-order valence-electron chi connectivity index (χ1n) is 9.42. The van der Waals surface area contributed by atoms with E-state index in [1.807, 2.05) is 13.8 Å². The summed E-state index contributed by atoms with van der Waals surface area (Å²) in [4.78, 5) is 37.6. The molecule has 1 aromatic carbocycles. The van der Waals surface area contributed by atoms with Gasteiger partial charge in [-0.1, -0.05) is 26.0 Å². The number of nitrogens with one attached hydrogen (secondary N) is 2. The van der Waals surface area contributed by atoms with Gasteiger partial charge in [0.15, 0.2) is 5.54 Å². The first-order chi connectivity index (χ1) is 13.7. The highest BCUT2D eigenvalue weighted by Gasteiger charge is 2.52. The smallest absolute Gasteiger partial charge is 0.330 e. The van der Waals surface area contributed by atoms with Gasteiger partial charge in [-0.2, -0.15) is 0 Å². The molecule has 0 aliphatic rings. The second kappa shape index (κ2) is 11.3. The van der Waals surface area contributed by atoms with Gasteiger partial charge in [0.1, 0.15) is 11.7 Å². The number of aliphatic hydroxyl groups is 1. The minimum absolute atomic E-state index is 0.0215. The van der Waals surface area contributed by atoms with Gasteiger partial charge in [-0.15, -0.1) is 0 Å². The molecule has 0 saturated carbocycles. The van der Waals surface area contributed by atoms with Crippen LogP contribution >= 0.6 is 0 Å². The Morgan fingerprint density at radius 1 is 1.24 bits per heavy atom. The number of carboxylic acids is 1. The van der Waals surface area contributed by atoms with Crippen molar-refractivity contribution in [2.45, 2.75) is 38.6 Å². The number of aliphatic hydroxyl groups excluding tert-OH is 1. The fourth-order valence-electron chi connectivity index (χ4n) is 2.95. The SMILES string of the molecule is CCOC(=O)C(c1cccc(OC)c1)C(CCO)(NC(=O)NCC(C)C)C(=O)O. The fourth-order valence-corrected chi connectivity index (χ4v) is 2.95. The van der Waals surface area contributed by atoms with Gasteiger partial charge in [0.05, 0.1) is 13.7 Å². The number of aliphatic carboxylic acids is 1. The van der Waals surface area contributed by atoms with E-state index in [1.54, 1.807) is 25.1 Å². The lowest BCUT2D eigenvalue weighted by Crippen LogP contribution is -2.63. The number of benzene rings is 1. The molecule has 162 valence electrons. The molecule has 0 aromatic heterocycles. The first kappa shape index (κ1) is 24.2. The number of ether oxygens (including phenoxy) is 2. The Kier molecular flexibility index (Phi) is 9.40. The van der Waals surface area contributed by atoms with Crippen molar-refractivity contribution in [3.8, 4) is 5.75 Å². The van der Waals surface area contributed by atoms with Gasteiger partial charge in [0.25, 0.3) is 0 Å². The molecule has 29 heavy (non-hydrogen) atoms. The van der Waals surface area contributed by atoms with E-state index in [1.165, 1.54) is 13.2 Å². The summed E-state index contributed by atoms with van der Waals surface area (Å²) in [5.41, 5.74) is -1.85. The molecular formula is C20H30N2O7. The summed E-state index contributed by atoms with van der Waals surface area (Å²) in [7, 11) is 1.44. The maximum Gasteiger partial charge on any atom is 0.330 e. The van der Waals surface area contributed by atoms with Crippen LogP contribution in [0.4, 0.5) is 4.79 Å². The van der Waals surface area contributed by atoms with Crippen LogP contribution in [0.25, 0.3) is 0 Å². The van der Waals surface area contributed by atoms with Gasteiger partial charge in [-0.3, -0.25) is 4.79 Å². The molecule has 0 radical (unpaired) electrons. The van der Waals surface area contributed by atoms with Crippen molar-refractivity contribution in [1.82, 2.24) is 10.6 Å². The van der Waals surface area contributed by atoms with Gasteiger partial charge in [0.2, 0.25) is 0 Å². The molecule has 0 aliphatic heterocycles. The van der Waals surface area contributed by atoms with E-state index in [0.29, 0.717) is 12.3 Å². The molecule has 1 aromatic rings. The summed E-state index contributed by atoms with van der Waals surface area (Å²) >= 11 is 0. The molecular weight excluding hydrogens is 380 g/mol. The van der Waals surface area contributed by atoms with Crippen LogP contribution in [-0.2, 0) is 14.3 Å². The minimum atomic E-state index is -2.13. The second-order valence-corrected chi connectivity index (χ2v) is 6.94. The summed E-state index contributed by atoms with van der Waals surface area (Å²) in [6, 6.07) is 5.54. The molecule has 2 unspecified atom stereocenters. The minimum Gasteiger partial charge on any atom is -0.497 e. The van der Waals surface area contributed by atoms with Crippen LogP contribution in [0.5, 0.6) is 5.75 Å². The van der Waals surface area contributed by atoms with Crippen molar-refractivity contribution in [2.24, 2.45) is 5.92 Å². The van der Waals surface area contributed by atoms with Crippen molar-refractivity contribution in [2.75, 3.05) is 26.9 Å². The monoisotopic (exact) mass is 410 g/mol. The number of hydrogen-bond donors (Lipinski definition) is 4. The standard InChI is InChI=1S/C20H30N2O7/c1-5-29-17(24)16(14-7-6-8-15(11-14)28-4)20(9-10-23,18(25)26)22-19(27)21-12-13(2)3/h6-8,11,13,16,23H,5,9-10,12H2,1-4H3,(H,25,26)(H2,21,22,27). The van der Waals surface area contributed by atoms with Crippen LogP contribution < -0.4 is 15.4 Å². The third kappa shape index (κ3) is 6.35. The Morgan fingerprint density at radius 2 is 1.93 bits per heavy atom. The largest absolute Gasteiger partial charge is 0.497 e. The zero-order valence-corrected chi connectivity index (χ0v) is 17.2. The second-order valence-electron chi connectivity index (χ2n) is 6.94. The summed E-state index contributed by atoms with van der Waals surface area (Å²) in [6.07, 6.45) is -0.405. The topological polar surface area (TPSA) is 134 Å². The zero-order chi connectivity index (χ0) is 22.0. The highest BCUT2D eigenvalue weighted by molar-refractivity contribution is 5.95.